The second kappa shape index (κ2) is 5.68. The van der Waals surface area contributed by atoms with Crippen molar-refractivity contribution in [2.45, 2.75) is 51.3 Å². The van der Waals surface area contributed by atoms with Gasteiger partial charge in [0.05, 0.1) is 12.9 Å². The van der Waals surface area contributed by atoms with Crippen LogP contribution in [0.5, 0.6) is 0 Å². The van der Waals surface area contributed by atoms with Gasteiger partial charge in [-0.2, -0.15) is 8.42 Å². The molecule has 21 heavy (non-hydrogen) atoms. The number of fused-ring (bicyclic) bond motifs is 1. The van der Waals surface area contributed by atoms with Gasteiger partial charge in [-0.05, 0) is 26.8 Å². The zero-order chi connectivity index (χ0) is 15.8. The van der Waals surface area contributed by atoms with E-state index >= 15 is 0 Å². The van der Waals surface area contributed by atoms with Crippen molar-refractivity contribution < 1.29 is 31.6 Å². The summed E-state index contributed by atoms with van der Waals surface area (Å²) in [5.41, 5.74) is 0.341. The Kier molecular flexibility index (Phi) is 4.44. The Morgan fingerprint density at radius 3 is 2.67 bits per heavy atom. The lowest BCUT2D eigenvalue weighted by molar-refractivity contribution is -0.150. The van der Waals surface area contributed by atoms with Crippen molar-refractivity contribution in [1.29, 1.82) is 0 Å². The molecule has 2 aliphatic rings. The summed E-state index contributed by atoms with van der Waals surface area (Å²) in [6, 6.07) is 0. The summed E-state index contributed by atoms with van der Waals surface area (Å²) in [4.78, 5) is 11.9. The third kappa shape index (κ3) is 4.03. The molecule has 2 rings (SSSR count). The number of carbonyl (C=O) groups excluding carboxylic acids is 1. The van der Waals surface area contributed by atoms with Gasteiger partial charge in [0.2, 0.25) is 0 Å². The average Bonchev–Trinajstić information content (AvgIpc) is 2.62. The highest BCUT2D eigenvalue weighted by atomic mass is 32.2. The van der Waals surface area contributed by atoms with Crippen molar-refractivity contribution in [1.82, 2.24) is 0 Å². The molecule has 0 unspecified atom stereocenters. The van der Waals surface area contributed by atoms with E-state index in [2.05, 4.69) is 0 Å². The van der Waals surface area contributed by atoms with Crippen LogP contribution in [0, 0.1) is 0 Å². The summed E-state index contributed by atoms with van der Waals surface area (Å²) in [6.07, 6.45) is 0.765. The molecule has 1 aliphatic heterocycles. The Balaban J connectivity index is 2.26. The lowest BCUT2D eigenvalue weighted by atomic mass is 9.92. The third-order valence-electron chi connectivity index (χ3n) is 3.15. The maximum Gasteiger partial charge on any atom is 0.333 e. The molecule has 0 spiro atoms. The second-order valence-electron chi connectivity index (χ2n) is 5.52. The highest BCUT2D eigenvalue weighted by Crippen LogP contribution is 2.37. The molecule has 0 N–H and O–H groups in total. The SMILES string of the molecule is CCOC(=O)C1=C[C@@H]2OC(C)(C)O[C@@H]2[C@H](OS(C)(=O)=O)C1. The second-order valence-corrected chi connectivity index (χ2v) is 7.12. The van der Waals surface area contributed by atoms with E-state index in [-0.39, 0.29) is 13.0 Å². The fourth-order valence-corrected chi connectivity index (χ4v) is 3.15. The quantitative estimate of drug-likeness (QED) is 0.557. The molecule has 1 saturated heterocycles. The first kappa shape index (κ1) is 16.4. The highest BCUT2D eigenvalue weighted by Gasteiger charge is 2.49. The van der Waals surface area contributed by atoms with Crippen LogP contribution < -0.4 is 0 Å². The summed E-state index contributed by atoms with van der Waals surface area (Å²) in [5, 5.41) is 0. The molecule has 0 radical (unpaired) electrons. The monoisotopic (exact) mass is 320 g/mol. The molecular weight excluding hydrogens is 300 g/mol. The van der Waals surface area contributed by atoms with Gasteiger partial charge >= 0.3 is 5.97 Å². The van der Waals surface area contributed by atoms with Gasteiger partial charge in [-0.15, -0.1) is 0 Å². The summed E-state index contributed by atoms with van der Waals surface area (Å²) in [5.74, 6) is -1.36. The molecule has 0 bridgehead atoms. The van der Waals surface area contributed by atoms with Gasteiger partial charge in [-0.1, -0.05) is 0 Å². The first-order chi connectivity index (χ1) is 9.61. The summed E-state index contributed by atoms with van der Waals surface area (Å²) < 4.78 is 44.2. The van der Waals surface area contributed by atoms with E-state index in [4.69, 9.17) is 18.4 Å². The lowest BCUT2D eigenvalue weighted by Crippen LogP contribution is -2.42. The lowest BCUT2D eigenvalue weighted by Gasteiger charge is -2.29. The molecule has 1 fully saturated rings. The minimum atomic E-state index is -3.68. The van der Waals surface area contributed by atoms with Crippen LogP contribution in [0.1, 0.15) is 27.2 Å². The zero-order valence-corrected chi connectivity index (χ0v) is 13.3. The van der Waals surface area contributed by atoms with E-state index in [0.29, 0.717) is 5.57 Å². The first-order valence-corrected chi connectivity index (χ1v) is 8.54. The maximum atomic E-state index is 11.9. The normalized spacial score (nSPS) is 31.4. The van der Waals surface area contributed by atoms with Crippen LogP contribution in [0.3, 0.4) is 0 Å². The van der Waals surface area contributed by atoms with E-state index in [1.54, 1.807) is 26.8 Å². The molecular formula is C13H20O7S. The number of hydrogen-bond donors (Lipinski definition) is 0. The van der Waals surface area contributed by atoms with Crippen molar-refractivity contribution in [3.05, 3.63) is 11.6 Å². The molecule has 8 heteroatoms. The summed E-state index contributed by atoms with van der Waals surface area (Å²) in [6.45, 7) is 5.39. The van der Waals surface area contributed by atoms with Gasteiger partial charge in [-0.25, -0.2) is 4.79 Å². The van der Waals surface area contributed by atoms with Crippen LogP contribution in [0.15, 0.2) is 11.6 Å². The maximum absolute atomic E-state index is 11.9. The molecule has 120 valence electrons. The van der Waals surface area contributed by atoms with Gasteiger partial charge in [-0.3, -0.25) is 4.18 Å². The van der Waals surface area contributed by atoms with Crippen LogP contribution in [0.4, 0.5) is 0 Å². The number of carbonyl (C=O) groups is 1. The Morgan fingerprint density at radius 2 is 2.10 bits per heavy atom. The highest BCUT2D eigenvalue weighted by molar-refractivity contribution is 7.86. The average molecular weight is 320 g/mol. The predicted octanol–water partition coefficient (Wildman–Crippen LogP) is 0.744. The topological polar surface area (TPSA) is 88.1 Å². The fraction of sp³-hybridized carbons (Fsp3) is 0.769. The van der Waals surface area contributed by atoms with Gasteiger partial charge < -0.3 is 14.2 Å². The van der Waals surface area contributed by atoms with Crippen LogP contribution in [-0.4, -0.2) is 51.3 Å². The molecule has 0 amide bonds. The largest absolute Gasteiger partial charge is 0.463 e. The Hall–Kier alpha value is -0.960. The number of hydrogen-bond acceptors (Lipinski definition) is 7. The van der Waals surface area contributed by atoms with Gasteiger partial charge in [0.15, 0.2) is 5.79 Å². The number of rotatable bonds is 4. The fourth-order valence-electron chi connectivity index (χ4n) is 2.52. The third-order valence-corrected chi connectivity index (χ3v) is 3.75. The van der Waals surface area contributed by atoms with E-state index in [1.807, 2.05) is 0 Å². The number of esters is 1. The summed E-state index contributed by atoms with van der Waals surface area (Å²) >= 11 is 0. The van der Waals surface area contributed by atoms with E-state index < -0.39 is 40.2 Å². The van der Waals surface area contributed by atoms with Gasteiger partial charge in [0.25, 0.3) is 10.1 Å². The van der Waals surface area contributed by atoms with Crippen molar-refractivity contribution in [3.63, 3.8) is 0 Å². The van der Waals surface area contributed by atoms with E-state index in [9.17, 15) is 13.2 Å². The Bertz CT molecular complexity index is 549. The molecule has 0 aromatic heterocycles. The molecule has 0 aromatic carbocycles. The standard InChI is InChI=1S/C13H20O7S/c1-5-17-12(14)8-6-9-11(19-13(2,3)18-9)10(7-8)20-21(4,15)16/h6,9-11H,5,7H2,1-4H3/t9-,10+,11-/m0/s1. The van der Waals surface area contributed by atoms with Crippen LogP contribution in [0.2, 0.25) is 0 Å². The van der Waals surface area contributed by atoms with Crippen LogP contribution >= 0.6 is 0 Å². The van der Waals surface area contributed by atoms with E-state index in [0.717, 1.165) is 6.26 Å². The predicted molar refractivity (Wildman–Crippen MR) is 72.9 cm³/mol. The first-order valence-electron chi connectivity index (χ1n) is 6.73. The van der Waals surface area contributed by atoms with E-state index in [1.165, 1.54) is 0 Å². The Morgan fingerprint density at radius 1 is 1.43 bits per heavy atom. The van der Waals surface area contributed by atoms with Gasteiger partial charge in [0, 0.05) is 12.0 Å². The molecule has 1 aliphatic carbocycles. The van der Waals surface area contributed by atoms with Gasteiger partial charge in [0.1, 0.15) is 18.3 Å². The van der Waals surface area contributed by atoms with Crippen molar-refractivity contribution >= 4 is 16.1 Å². The Labute approximate surface area is 124 Å². The number of ether oxygens (including phenoxy) is 3. The van der Waals surface area contributed by atoms with Crippen LogP contribution in [0.25, 0.3) is 0 Å². The molecule has 3 atom stereocenters. The summed E-state index contributed by atoms with van der Waals surface area (Å²) in [7, 11) is -3.68. The molecule has 7 nitrogen and oxygen atoms in total. The van der Waals surface area contributed by atoms with Crippen molar-refractivity contribution in [2.75, 3.05) is 12.9 Å². The minimum Gasteiger partial charge on any atom is -0.463 e. The zero-order valence-electron chi connectivity index (χ0n) is 12.5. The molecule has 0 saturated carbocycles. The minimum absolute atomic E-state index is 0.104. The molecule has 0 aromatic rings. The molecule has 1 heterocycles. The van der Waals surface area contributed by atoms with Crippen molar-refractivity contribution in [3.8, 4) is 0 Å². The van der Waals surface area contributed by atoms with Crippen molar-refractivity contribution in [2.24, 2.45) is 0 Å². The smallest absolute Gasteiger partial charge is 0.333 e. The van der Waals surface area contributed by atoms with Crippen LogP contribution in [-0.2, 0) is 33.3 Å².